The number of aliphatic hydroxyl groups is 1. The summed E-state index contributed by atoms with van der Waals surface area (Å²) in [6.45, 7) is 1.88. The highest BCUT2D eigenvalue weighted by molar-refractivity contribution is 7.14. The predicted molar refractivity (Wildman–Crippen MR) is 110 cm³/mol. The zero-order chi connectivity index (χ0) is 21.5. The van der Waals surface area contributed by atoms with Crippen molar-refractivity contribution < 1.29 is 23.0 Å². The van der Waals surface area contributed by atoms with Crippen LogP contribution in [0.4, 0.5) is 18.3 Å². The van der Waals surface area contributed by atoms with E-state index in [1.807, 2.05) is 6.92 Å². The summed E-state index contributed by atoms with van der Waals surface area (Å²) in [5, 5.41) is 16.9. The fraction of sp³-hybridized carbons (Fsp3) is 0.238. The molecule has 1 aliphatic rings. The van der Waals surface area contributed by atoms with Gasteiger partial charge in [0.15, 0.2) is 0 Å². The number of alkyl halides is 3. The Morgan fingerprint density at radius 2 is 1.70 bits per heavy atom. The highest BCUT2D eigenvalue weighted by Gasteiger charge is 2.62. The molecule has 30 heavy (non-hydrogen) atoms. The predicted octanol–water partition coefficient (Wildman–Crippen LogP) is 4.99. The van der Waals surface area contributed by atoms with E-state index in [1.54, 1.807) is 61.0 Å². The van der Waals surface area contributed by atoms with Crippen molar-refractivity contribution in [3.8, 4) is 17.0 Å². The fourth-order valence-corrected chi connectivity index (χ4v) is 3.98. The second kappa shape index (κ2) is 7.41. The highest BCUT2D eigenvalue weighted by Crippen LogP contribution is 2.45. The topological polar surface area (TPSA) is 58.0 Å². The van der Waals surface area contributed by atoms with Crippen LogP contribution in [0.25, 0.3) is 11.3 Å². The molecule has 0 radical (unpaired) electrons. The third-order valence-corrected chi connectivity index (χ3v) is 5.70. The van der Waals surface area contributed by atoms with Crippen LogP contribution in [0.3, 0.4) is 0 Å². The standard InChI is InChI=1S/C21H18F3N3O2S/c1-13-3-5-14(6-4-13)17-11-20(28,21(22,23)24)27(26-17)19-25-18(12-30-19)15-7-9-16(29-2)10-8-15/h3-10,12,28H,11H2,1-2H3/t20-/m1/s1. The van der Waals surface area contributed by atoms with Gasteiger partial charge in [0.05, 0.1) is 24.9 Å². The van der Waals surface area contributed by atoms with E-state index in [2.05, 4.69) is 10.1 Å². The molecule has 0 saturated heterocycles. The smallest absolute Gasteiger partial charge is 0.438 e. The average molecular weight is 433 g/mol. The van der Waals surface area contributed by atoms with Crippen molar-refractivity contribution >= 4 is 22.2 Å². The molecule has 0 spiro atoms. The van der Waals surface area contributed by atoms with Crippen LogP contribution in [-0.2, 0) is 0 Å². The summed E-state index contributed by atoms with van der Waals surface area (Å²) in [6.07, 6.45) is -5.61. The zero-order valence-corrected chi connectivity index (χ0v) is 17.0. The summed E-state index contributed by atoms with van der Waals surface area (Å²) in [7, 11) is 1.55. The zero-order valence-electron chi connectivity index (χ0n) is 16.1. The SMILES string of the molecule is COc1ccc(-c2csc(N3N=C(c4ccc(C)cc4)C[C@@]3(O)C(F)(F)F)n2)cc1. The second-order valence-electron chi connectivity index (χ2n) is 6.96. The fourth-order valence-electron chi connectivity index (χ4n) is 3.13. The molecule has 1 atom stereocenters. The summed E-state index contributed by atoms with van der Waals surface area (Å²) >= 11 is 0.986. The van der Waals surface area contributed by atoms with Crippen molar-refractivity contribution in [2.75, 3.05) is 12.1 Å². The Balaban J connectivity index is 1.72. The summed E-state index contributed by atoms with van der Waals surface area (Å²) < 4.78 is 46.7. The lowest BCUT2D eigenvalue weighted by molar-refractivity contribution is -0.254. The first-order chi connectivity index (χ1) is 14.2. The van der Waals surface area contributed by atoms with Gasteiger partial charge in [0.25, 0.3) is 5.72 Å². The van der Waals surface area contributed by atoms with E-state index < -0.39 is 18.3 Å². The Hall–Kier alpha value is -2.91. The molecule has 1 N–H and O–H groups in total. The number of ether oxygens (including phenoxy) is 1. The quantitative estimate of drug-likeness (QED) is 0.630. The number of methoxy groups -OCH3 is 1. The first-order valence-corrected chi connectivity index (χ1v) is 9.93. The van der Waals surface area contributed by atoms with Gasteiger partial charge in [-0.05, 0) is 36.8 Å². The number of aryl methyl sites for hydroxylation is 1. The van der Waals surface area contributed by atoms with Gasteiger partial charge in [-0.15, -0.1) is 11.3 Å². The molecule has 3 aromatic rings. The van der Waals surface area contributed by atoms with Crippen LogP contribution in [0.1, 0.15) is 17.5 Å². The van der Waals surface area contributed by atoms with Crippen molar-refractivity contribution in [3.05, 3.63) is 65.0 Å². The van der Waals surface area contributed by atoms with E-state index in [-0.39, 0.29) is 10.8 Å². The molecule has 0 unspecified atom stereocenters. The van der Waals surface area contributed by atoms with Gasteiger partial charge in [0.2, 0.25) is 5.13 Å². The van der Waals surface area contributed by atoms with E-state index in [0.717, 1.165) is 22.5 Å². The van der Waals surface area contributed by atoms with Gasteiger partial charge in [-0.1, -0.05) is 29.8 Å². The normalized spacial score (nSPS) is 19.1. The molecule has 1 aromatic heterocycles. The molecule has 1 aliphatic heterocycles. The van der Waals surface area contributed by atoms with Crippen molar-refractivity contribution in [3.63, 3.8) is 0 Å². The first-order valence-electron chi connectivity index (χ1n) is 9.05. The van der Waals surface area contributed by atoms with Gasteiger partial charge in [0.1, 0.15) is 5.75 Å². The molecule has 2 heterocycles. The van der Waals surface area contributed by atoms with E-state index in [4.69, 9.17) is 4.74 Å². The lowest BCUT2D eigenvalue weighted by Crippen LogP contribution is -2.55. The van der Waals surface area contributed by atoms with E-state index in [1.165, 1.54) is 0 Å². The summed E-state index contributed by atoms with van der Waals surface area (Å²) in [5.41, 5.74) is -0.308. The van der Waals surface area contributed by atoms with Gasteiger partial charge in [-0.3, -0.25) is 0 Å². The first kappa shape index (κ1) is 20.4. The maximum Gasteiger partial charge on any atom is 0.438 e. The number of anilines is 1. The number of hydrazone groups is 1. The minimum Gasteiger partial charge on any atom is -0.497 e. The number of hydrogen-bond acceptors (Lipinski definition) is 6. The molecule has 9 heteroatoms. The maximum absolute atomic E-state index is 13.8. The maximum atomic E-state index is 13.8. The van der Waals surface area contributed by atoms with Gasteiger partial charge < -0.3 is 9.84 Å². The number of aromatic nitrogens is 1. The van der Waals surface area contributed by atoms with E-state index in [0.29, 0.717) is 22.0 Å². The number of thiazole rings is 1. The lowest BCUT2D eigenvalue weighted by atomic mass is 10.0. The van der Waals surface area contributed by atoms with Crippen LogP contribution >= 0.6 is 11.3 Å². The van der Waals surface area contributed by atoms with Crippen molar-refractivity contribution in [2.45, 2.75) is 25.2 Å². The van der Waals surface area contributed by atoms with Gasteiger partial charge in [-0.2, -0.15) is 23.3 Å². The summed E-state index contributed by atoms with van der Waals surface area (Å²) in [5.74, 6) is 0.660. The van der Waals surface area contributed by atoms with Gasteiger partial charge in [-0.25, -0.2) is 4.98 Å². The Bertz CT molecular complexity index is 1080. The van der Waals surface area contributed by atoms with E-state index in [9.17, 15) is 18.3 Å². The minimum absolute atomic E-state index is 0.0391. The van der Waals surface area contributed by atoms with Crippen LogP contribution in [0.15, 0.2) is 59.0 Å². The number of benzene rings is 2. The minimum atomic E-state index is -4.92. The Morgan fingerprint density at radius 3 is 2.30 bits per heavy atom. The van der Waals surface area contributed by atoms with Crippen LogP contribution in [-0.4, -0.2) is 34.8 Å². The molecule has 0 aliphatic carbocycles. The largest absolute Gasteiger partial charge is 0.497 e. The molecule has 0 amide bonds. The highest BCUT2D eigenvalue weighted by atomic mass is 32.1. The Morgan fingerprint density at radius 1 is 1.07 bits per heavy atom. The van der Waals surface area contributed by atoms with Crippen LogP contribution in [0.2, 0.25) is 0 Å². The molecule has 156 valence electrons. The average Bonchev–Trinajstić information content (AvgIpc) is 3.33. The molecule has 0 fully saturated rings. The Kier molecular flexibility index (Phi) is 5.03. The summed E-state index contributed by atoms with van der Waals surface area (Å²) in [6, 6.07) is 14.0. The molecule has 0 bridgehead atoms. The van der Waals surface area contributed by atoms with Crippen molar-refractivity contribution in [1.29, 1.82) is 0 Å². The molecular formula is C21H18F3N3O2S. The Labute approximate surface area is 175 Å². The van der Waals surface area contributed by atoms with Crippen LogP contribution in [0.5, 0.6) is 5.75 Å². The van der Waals surface area contributed by atoms with Crippen LogP contribution < -0.4 is 9.75 Å². The van der Waals surface area contributed by atoms with Crippen LogP contribution in [0, 0.1) is 6.92 Å². The number of halogens is 3. The number of nitrogens with zero attached hydrogens (tertiary/aromatic N) is 3. The molecule has 4 rings (SSSR count). The number of hydrogen-bond donors (Lipinski definition) is 1. The number of rotatable bonds is 4. The molecule has 2 aromatic carbocycles. The third kappa shape index (κ3) is 3.54. The van der Waals surface area contributed by atoms with Crippen molar-refractivity contribution in [2.24, 2.45) is 5.10 Å². The van der Waals surface area contributed by atoms with Gasteiger partial charge >= 0.3 is 6.18 Å². The monoisotopic (exact) mass is 433 g/mol. The van der Waals surface area contributed by atoms with E-state index >= 15 is 0 Å². The second-order valence-corrected chi connectivity index (χ2v) is 7.80. The van der Waals surface area contributed by atoms with Gasteiger partial charge in [0, 0.05) is 10.9 Å². The third-order valence-electron chi connectivity index (χ3n) is 4.88. The molecular weight excluding hydrogens is 415 g/mol. The molecule has 0 saturated carbocycles. The van der Waals surface area contributed by atoms with Crippen molar-refractivity contribution in [1.82, 2.24) is 4.98 Å². The summed E-state index contributed by atoms with van der Waals surface area (Å²) in [4.78, 5) is 4.31. The molecule has 5 nitrogen and oxygen atoms in total. The lowest BCUT2D eigenvalue weighted by Gasteiger charge is -2.32.